The molecule has 3 nitrogen and oxygen atoms in total. The second kappa shape index (κ2) is 5.47. The predicted molar refractivity (Wildman–Crippen MR) is 32.9 cm³/mol. The van der Waals surface area contributed by atoms with Gasteiger partial charge in [-0.2, -0.15) is 0 Å². The number of carbonyl (C=O) groups is 1. The van der Waals surface area contributed by atoms with Gasteiger partial charge in [0.25, 0.3) is 0 Å². The maximum atomic E-state index is 10.4. The van der Waals surface area contributed by atoms with E-state index in [9.17, 15) is 4.79 Å². The Balaban J connectivity index is 3.06. The number of nitrogens with one attached hydrogen (secondary N) is 2. The number of urea groups is 1. The maximum Gasteiger partial charge on any atom is 0.312 e. The first-order valence-electron chi connectivity index (χ1n) is 2.23. The van der Waals surface area contributed by atoms with Gasteiger partial charge in [-0.3, -0.25) is 0 Å². The van der Waals surface area contributed by atoms with Crippen LogP contribution in [-0.2, 0) is 0 Å². The smallest absolute Gasteiger partial charge is 0.312 e. The van der Waals surface area contributed by atoms with Crippen LogP contribution in [0.5, 0.6) is 0 Å². The van der Waals surface area contributed by atoms with Crippen LogP contribution in [0.4, 0.5) is 4.79 Å². The summed E-state index contributed by atoms with van der Waals surface area (Å²) in [5, 5.41) is 6.28. The minimum atomic E-state index is -0.130. The summed E-state index contributed by atoms with van der Waals surface area (Å²) in [6.45, 7) is 0. The Kier molecular flexibility index (Phi) is 5.70. The van der Waals surface area contributed by atoms with E-state index in [-0.39, 0.29) is 6.03 Å². The first kappa shape index (κ1) is 8.33. The van der Waals surface area contributed by atoms with Crippen molar-refractivity contribution in [2.75, 3.05) is 10.8 Å². The molecule has 0 aliphatic heterocycles. The summed E-state index contributed by atoms with van der Waals surface area (Å²) in [5.41, 5.74) is 0. The minimum Gasteiger partial charge on any atom is -0.354 e. The molecule has 0 aromatic carbocycles. The van der Waals surface area contributed by atoms with E-state index in [1.54, 1.807) is 0 Å². The van der Waals surface area contributed by atoms with Crippen LogP contribution in [0.1, 0.15) is 0 Å². The highest BCUT2D eigenvalue weighted by molar-refractivity contribution is 6.11. The van der Waals surface area contributed by atoms with Crippen molar-refractivity contribution in [2.24, 2.45) is 0 Å². The molecular weight excluding hydrogens is 134 g/mol. The van der Waals surface area contributed by atoms with E-state index < -0.39 is 0 Å². The number of carbonyl (C=O) groups excluding carboxylic acids is 1. The zero-order valence-corrected chi connectivity index (χ0v) is 6.79. The van der Waals surface area contributed by atoms with Crippen molar-refractivity contribution in [3.05, 3.63) is 0 Å². The Morgan fingerprint density at radius 2 is 1.62 bits per heavy atom. The summed E-state index contributed by atoms with van der Waals surface area (Å²) in [6, 6.07) is -0.130. The SMILES string of the molecule is O=C(N[CH2][Al])N[CH2][Al]. The molecule has 2 amide bonds. The Morgan fingerprint density at radius 3 is 1.88 bits per heavy atom. The lowest BCUT2D eigenvalue weighted by atomic mass is 10.9. The molecule has 0 saturated carbocycles. The van der Waals surface area contributed by atoms with E-state index in [2.05, 4.69) is 43.2 Å². The molecule has 0 aromatic rings. The highest BCUT2D eigenvalue weighted by atomic mass is 27.1. The van der Waals surface area contributed by atoms with Crippen LogP contribution < -0.4 is 10.6 Å². The third-order valence-electron chi connectivity index (χ3n) is 0.525. The van der Waals surface area contributed by atoms with Crippen LogP contribution in [-0.4, -0.2) is 49.4 Å². The number of amides is 2. The fourth-order valence-corrected chi connectivity index (χ4v) is 0.619. The number of rotatable bonds is 2. The van der Waals surface area contributed by atoms with Crippen molar-refractivity contribution in [1.29, 1.82) is 0 Å². The third-order valence-corrected chi connectivity index (χ3v) is 0.933. The summed E-state index contributed by atoms with van der Waals surface area (Å²) < 4.78 is 0. The molecule has 0 aromatic heterocycles. The summed E-state index contributed by atoms with van der Waals surface area (Å²) >= 11 is 4.79. The van der Waals surface area contributed by atoms with Gasteiger partial charge < -0.3 is 10.6 Å². The summed E-state index contributed by atoms with van der Waals surface area (Å²) in [7, 11) is 0. The van der Waals surface area contributed by atoms with Crippen molar-refractivity contribution in [1.82, 2.24) is 10.6 Å². The van der Waals surface area contributed by atoms with Gasteiger partial charge >= 0.3 is 6.03 Å². The van der Waals surface area contributed by atoms with Crippen molar-refractivity contribution in [3.8, 4) is 0 Å². The standard InChI is InChI=1S/C3H6N2O.2Al/c1-4-3(6)5-2;;/h1-2H2,(H2,4,5,6);;. The summed E-state index contributed by atoms with van der Waals surface area (Å²) in [5.74, 6) is 0. The van der Waals surface area contributed by atoms with Crippen LogP contribution >= 0.6 is 0 Å². The van der Waals surface area contributed by atoms with Crippen LogP contribution in [0.3, 0.4) is 0 Å². The van der Waals surface area contributed by atoms with Crippen molar-refractivity contribution >= 4 is 38.6 Å². The van der Waals surface area contributed by atoms with E-state index in [4.69, 9.17) is 0 Å². The van der Waals surface area contributed by atoms with E-state index in [1.165, 1.54) is 0 Å². The van der Waals surface area contributed by atoms with E-state index >= 15 is 0 Å². The first-order chi connectivity index (χ1) is 3.81. The quantitative estimate of drug-likeness (QED) is 0.452. The average molecular weight is 140 g/mol. The number of hydrogen-bond donors (Lipinski definition) is 2. The van der Waals surface area contributed by atoms with Crippen LogP contribution in [0, 0.1) is 0 Å². The molecule has 0 unspecified atom stereocenters. The van der Waals surface area contributed by atoms with Gasteiger partial charge in [0.1, 0.15) is 0 Å². The Morgan fingerprint density at radius 1 is 1.25 bits per heavy atom. The highest BCUT2D eigenvalue weighted by Gasteiger charge is 1.89. The predicted octanol–water partition coefficient (Wildman–Crippen LogP) is -1.46. The molecule has 5 heteroatoms. The molecule has 0 aliphatic rings. The van der Waals surface area contributed by atoms with Crippen molar-refractivity contribution < 1.29 is 4.79 Å². The minimum absolute atomic E-state index is 0.130. The van der Waals surface area contributed by atoms with Crippen molar-refractivity contribution in [2.45, 2.75) is 0 Å². The molecule has 0 spiro atoms. The second-order valence-electron chi connectivity index (χ2n) is 1.09. The van der Waals surface area contributed by atoms with Gasteiger partial charge in [0.2, 0.25) is 0 Å². The topological polar surface area (TPSA) is 41.1 Å². The van der Waals surface area contributed by atoms with Gasteiger partial charge in [-0.05, 0) is 0 Å². The molecule has 40 valence electrons. The fraction of sp³-hybridized carbons (Fsp3) is 0.667. The largest absolute Gasteiger partial charge is 0.354 e. The molecule has 0 fully saturated rings. The molecule has 0 heterocycles. The van der Waals surface area contributed by atoms with E-state index in [1.807, 2.05) is 0 Å². The molecule has 0 aliphatic carbocycles. The van der Waals surface area contributed by atoms with Gasteiger partial charge in [0, 0.05) is 0 Å². The maximum absolute atomic E-state index is 10.4. The van der Waals surface area contributed by atoms with Crippen molar-refractivity contribution in [3.63, 3.8) is 0 Å². The Hall–Kier alpha value is 0.335. The monoisotopic (exact) mass is 140 g/mol. The van der Waals surface area contributed by atoms with Gasteiger partial charge in [0.05, 0.1) is 0 Å². The first-order valence-corrected chi connectivity index (χ1v) is 3.86. The third kappa shape index (κ3) is 4.49. The Bertz CT molecular complexity index is 69.7. The van der Waals surface area contributed by atoms with Crippen LogP contribution in [0.25, 0.3) is 0 Å². The lowest BCUT2D eigenvalue weighted by Gasteiger charge is -2.01. The normalized spacial score (nSPS) is 8.00. The fourth-order valence-electron chi connectivity index (χ4n) is 0.248. The van der Waals surface area contributed by atoms with Gasteiger partial charge in [-0.25, -0.2) is 4.79 Å². The lowest BCUT2D eigenvalue weighted by molar-refractivity contribution is 0.244. The molecule has 8 heavy (non-hydrogen) atoms. The van der Waals surface area contributed by atoms with E-state index in [0.29, 0.717) is 10.8 Å². The van der Waals surface area contributed by atoms with Gasteiger partial charge in [-0.15, -0.1) is 0 Å². The molecule has 0 saturated heterocycles. The second-order valence-corrected chi connectivity index (χ2v) is 1.91. The van der Waals surface area contributed by atoms with Crippen LogP contribution in [0.15, 0.2) is 0 Å². The average Bonchev–Trinajstić information content (AvgIpc) is 1.68. The zero-order chi connectivity index (χ0) is 6.41. The van der Waals surface area contributed by atoms with Gasteiger partial charge in [0.15, 0.2) is 32.6 Å². The summed E-state index contributed by atoms with van der Waals surface area (Å²) in [4.78, 5) is 10.4. The molecule has 0 rings (SSSR count). The molecule has 4 radical (unpaired) electrons. The van der Waals surface area contributed by atoms with Crippen LogP contribution in [0.2, 0.25) is 0 Å². The molecule has 0 bridgehead atoms. The Labute approximate surface area is 65.1 Å². The molecule has 2 N–H and O–H groups in total. The zero-order valence-electron chi connectivity index (χ0n) is 4.48. The van der Waals surface area contributed by atoms with Gasteiger partial charge in [-0.1, -0.05) is 10.8 Å². The lowest BCUT2D eigenvalue weighted by Crippen LogP contribution is -2.36. The van der Waals surface area contributed by atoms with E-state index in [0.717, 1.165) is 0 Å². The molecular formula is C3H6Al2N2O. The summed E-state index contributed by atoms with van der Waals surface area (Å²) in [6.07, 6.45) is 0. The number of hydrogen-bond acceptors (Lipinski definition) is 1. The molecule has 0 atom stereocenters. The highest BCUT2D eigenvalue weighted by Crippen LogP contribution is 1.56.